The van der Waals surface area contributed by atoms with Crippen LogP contribution in [0.4, 0.5) is 0 Å². The predicted octanol–water partition coefficient (Wildman–Crippen LogP) is 1.49. The van der Waals surface area contributed by atoms with Crippen molar-refractivity contribution in [1.29, 1.82) is 0 Å². The minimum absolute atomic E-state index is 0.332. The number of aliphatic hydroxyl groups is 1. The Bertz CT molecular complexity index is 224. The summed E-state index contributed by atoms with van der Waals surface area (Å²) in [6.45, 7) is 5.20. The maximum atomic E-state index is 9.88. The molecule has 0 aromatic heterocycles. The van der Waals surface area contributed by atoms with Crippen LogP contribution in [-0.4, -0.2) is 35.2 Å². The van der Waals surface area contributed by atoms with Crippen molar-refractivity contribution in [3.63, 3.8) is 0 Å². The van der Waals surface area contributed by atoms with Crippen molar-refractivity contribution in [2.24, 2.45) is 17.8 Å². The van der Waals surface area contributed by atoms with Crippen LogP contribution < -0.4 is 0 Å². The van der Waals surface area contributed by atoms with Crippen LogP contribution in [0.25, 0.3) is 0 Å². The molecule has 3 fully saturated rings. The van der Waals surface area contributed by atoms with Crippen molar-refractivity contribution >= 4 is 0 Å². The van der Waals surface area contributed by atoms with Crippen LogP contribution in [0.15, 0.2) is 0 Å². The molecule has 0 bridgehead atoms. The Labute approximate surface area is 86.3 Å². The van der Waals surface area contributed by atoms with Gasteiger partial charge in [0.2, 0.25) is 0 Å². The molecule has 0 amide bonds. The lowest BCUT2D eigenvalue weighted by atomic mass is 9.89. The van der Waals surface area contributed by atoms with Gasteiger partial charge < -0.3 is 5.11 Å². The number of hydrogen-bond donors (Lipinski definition) is 1. The first-order valence-electron chi connectivity index (χ1n) is 6.13. The summed E-state index contributed by atoms with van der Waals surface area (Å²) in [6.07, 6.45) is 5.40. The highest BCUT2D eigenvalue weighted by molar-refractivity contribution is 5.00. The fourth-order valence-corrected chi connectivity index (χ4v) is 3.49. The molecule has 2 saturated carbocycles. The molecule has 1 saturated heterocycles. The van der Waals surface area contributed by atoms with E-state index in [-0.39, 0.29) is 5.60 Å². The van der Waals surface area contributed by atoms with Crippen molar-refractivity contribution < 1.29 is 5.11 Å². The molecule has 2 nitrogen and oxygen atoms in total. The first-order valence-corrected chi connectivity index (χ1v) is 6.13. The lowest BCUT2D eigenvalue weighted by molar-refractivity contribution is -0.104. The van der Waals surface area contributed by atoms with Crippen molar-refractivity contribution in [3.05, 3.63) is 0 Å². The Hall–Kier alpha value is -0.0800. The summed E-state index contributed by atoms with van der Waals surface area (Å²) in [6, 6.07) is 0. The Kier molecular flexibility index (Phi) is 1.94. The average molecular weight is 195 g/mol. The maximum Gasteiger partial charge on any atom is 0.0897 e. The number of fused-ring (bicyclic) bond motifs is 1. The highest BCUT2D eigenvalue weighted by Gasteiger charge is 2.47. The van der Waals surface area contributed by atoms with Gasteiger partial charge >= 0.3 is 0 Å². The largest absolute Gasteiger partial charge is 0.387 e. The topological polar surface area (TPSA) is 23.5 Å². The lowest BCUT2D eigenvalue weighted by Gasteiger charge is -2.47. The monoisotopic (exact) mass is 195 g/mol. The molecule has 0 spiro atoms. The Morgan fingerprint density at radius 1 is 1.21 bits per heavy atom. The number of β-amino-alcohol motifs (C(OH)–C–C–N with tert-alkyl or cyclic N) is 1. The van der Waals surface area contributed by atoms with Gasteiger partial charge in [0.25, 0.3) is 0 Å². The fraction of sp³-hybridized carbons (Fsp3) is 1.00. The van der Waals surface area contributed by atoms with Crippen LogP contribution in [0.1, 0.15) is 32.6 Å². The van der Waals surface area contributed by atoms with Gasteiger partial charge in [-0.25, -0.2) is 0 Å². The van der Waals surface area contributed by atoms with Gasteiger partial charge in [0, 0.05) is 19.6 Å². The van der Waals surface area contributed by atoms with Gasteiger partial charge in [0.15, 0.2) is 0 Å². The van der Waals surface area contributed by atoms with Crippen molar-refractivity contribution in [1.82, 2.24) is 4.90 Å². The van der Waals surface area contributed by atoms with E-state index in [2.05, 4.69) is 11.8 Å². The summed E-state index contributed by atoms with van der Waals surface area (Å²) in [4.78, 5) is 2.44. The average Bonchev–Trinajstić information content (AvgIpc) is 2.72. The van der Waals surface area contributed by atoms with Crippen LogP contribution in [0.5, 0.6) is 0 Å². The first-order chi connectivity index (χ1) is 6.68. The maximum absolute atomic E-state index is 9.88. The second kappa shape index (κ2) is 2.96. The van der Waals surface area contributed by atoms with Crippen LogP contribution in [0, 0.1) is 17.8 Å². The van der Waals surface area contributed by atoms with E-state index in [0.717, 1.165) is 37.3 Å². The summed E-state index contributed by atoms with van der Waals surface area (Å²) in [7, 11) is 0. The molecule has 2 heteroatoms. The molecule has 0 radical (unpaired) electrons. The number of rotatable bonds is 3. The zero-order chi connectivity index (χ0) is 9.76. The molecule has 1 aliphatic heterocycles. The lowest BCUT2D eigenvalue weighted by Crippen LogP contribution is -2.62. The Morgan fingerprint density at radius 3 is 2.43 bits per heavy atom. The smallest absolute Gasteiger partial charge is 0.0897 e. The van der Waals surface area contributed by atoms with Crippen LogP contribution in [0.2, 0.25) is 0 Å². The van der Waals surface area contributed by atoms with Gasteiger partial charge in [0.05, 0.1) is 5.60 Å². The number of nitrogens with zero attached hydrogens (tertiary/aromatic N) is 1. The van der Waals surface area contributed by atoms with Crippen molar-refractivity contribution in [2.75, 3.05) is 19.6 Å². The van der Waals surface area contributed by atoms with E-state index in [9.17, 15) is 5.11 Å². The highest BCUT2D eigenvalue weighted by atomic mass is 16.3. The minimum atomic E-state index is -0.332. The third-order valence-corrected chi connectivity index (χ3v) is 4.55. The molecular formula is C12H21NO. The third-order valence-electron chi connectivity index (χ3n) is 4.55. The molecule has 2 unspecified atom stereocenters. The van der Waals surface area contributed by atoms with E-state index in [0.29, 0.717) is 0 Å². The molecule has 0 aromatic rings. The van der Waals surface area contributed by atoms with E-state index in [1.165, 1.54) is 25.8 Å². The van der Waals surface area contributed by atoms with Gasteiger partial charge in [-0.15, -0.1) is 0 Å². The van der Waals surface area contributed by atoms with Crippen molar-refractivity contribution in [2.45, 2.75) is 38.2 Å². The predicted molar refractivity (Wildman–Crippen MR) is 56.0 cm³/mol. The Balaban J connectivity index is 1.43. The van der Waals surface area contributed by atoms with Crippen LogP contribution in [0.3, 0.4) is 0 Å². The number of likely N-dealkylation sites (tertiary alicyclic amines) is 1. The second-order valence-corrected chi connectivity index (χ2v) is 5.84. The normalized spacial score (nSPS) is 44.6. The molecule has 0 aromatic carbocycles. The molecule has 80 valence electrons. The summed E-state index contributed by atoms with van der Waals surface area (Å²) < 4.78 is 0. The summed E-state index contributed by atoms with van der Waals surface area (Å²) in [5.41, 5.74) is -0.332. The molecule has 2 atom stereocenters. The number of hydrogen-bond acceptors (Lipinski definition) is 2. The van der Waals surface area contributed by atoms with Gasteiger partial charge in [-0.3, -0.25) is 4.90 Å². The quantitative estimate of drug-likeness (QED) is 0.737. The SMILES string of the molecule is CCC1(O)CN(CC2CC3CC3C2)C1. The fourth-order valence-electron chi connectivity index (χ4n) is 3.49. The molecular weight excluding hydrogens is 174 g/mol. The summed E-state index contributed by atoms with van der Waals surface area (Å²) >= 11 is 0. The molecule has 3 rings (SSSR count). The van der Waals surface area contributed by atoms with Gasteiger partial charge in [0.1, 0.15) is 0 Å². The zero-order valence-electron chi connectivity index (χ0n) is 9.08. The van der Waals surface area contributed by atoms with E-state index >= 15 is 0 Å². The van der Waals surface area contributed by atoms with Gasteiger partial charge in [-0.1, -0.05) is 6.92 Å². The third kappa shape index (κ3) is 1.49. The van der Waals surface area contributed by atoms with Crippen molar-refractivity contribution in [3.8, 4) is 0 Å². The summed E-state index contributed by atoms with van der Waals surface area (Å²) in [5.74, 6) is 3.16. The zero-order valence-corrected chi connectivity index (χ0v) is 9.08. The van der Waals surface area contributed by atoms with E-state index < -0.39 is 0 Å². The molecule has 3 aliphatic rings. The first kappa shape index (κ1) is 9.17. The van der Waals surface area contributed by atoms with Crippen LogP contribution in [-0.2, 0) is 0 Å². The highest BCUT2D eigenvalue weighted by Crippen LogP contribution is 2.54. The summed E-state index contributed by atoms with van der Waals surface area (Å²) in [5, 5.41) is 9.88. The molecule has 1 N–H and O–H groups in total. The van der Waals surface area contributed by atoms with E-state index in [1.54, 1.807) is 0 Å². The molecule has 14 heavy (non-hydrogen) atoms. The Morgan fingerprint density at radius 2 is 1.86 bits per heavy atom. The minimum Gasteiger partial charge on any atom is -0.387 e. The van der Waals surface area contributed by atoms with Crippen LogP contribution >= 0.6 is 0 Å². The molecule has 2 aliphatic carbocycles. The molecule has 1 heterocycles. The van der Waals surface area contributed by atoms with Gasteiger partial charge in [-0.2, -0.15) is 0 Å². The second-order valence-electron chi connectivity index (χ2n) is 5.84. The standard InChI is InChI=1S/C12H21NO/c1-2-12(14)7-13(8-12)6-9-3-10-5-11(10)4-9/h9-11,14H,2-8H2,1H3. The van der Waals surface area contributed by atoms with E-state index in [1.807, 2.05) is 0 Å². The van der Waals surface area contributed by atoms with Gasteiger partial charge in [-0.05, 0) is 43.4 Å². The van der Waals surface area contributed by atoms with E-state index in [4.69, 9.17) is 0 Å².